The molecule has 2 aromatic carbocycles. The minimum Gasteiger partial charge on any atom is -0.479 e. The molecule has 268 valence electrons. The second-order valence-corrected chi connectivity index (χ2v) is 14.5. The summed E-state index contributed by atoms with van der Waals surface area (Å²) in [5, 5.41) is 29.0. The first-order chi connectivity index (χ1) is 24.4. The zero-order chi connectivity index (χ0) is 36.2. The van der Waals surface area contributed by atoms with E-state index in [2.05, 4.69) is 26.0 Å². The number of fused-ring (bicyclic) bond motifs is 2. The summed E-state index contributed by atoms with van der Waals surface area (Å²) in [5.41, 5.74) is 0.552. The second kappa shape index (κ2) is 14.9. The molecule has 1 saturated heterocycles. The molecule has 5 atom stereocenters. The Balaban J connectivity index is 1.26. The van der Waals surface area contributed by atoms with E-state index in [0.29, 0.717) is 18.7 Å². The summed E-state index contributed by atoms with van der Waals surface area (Å²) in [7, 11) is 0. The van der Waals surface area contributed by atoms with Crippen molar-refractivity contribution in [1.82, 2.24) is 35.7 Å². The molecule has 0 radical (unpaired) electrons. The van der Waals surface area contributed by atoms with Crippen LogP contribution in [0.1, 0.15) is 82.9 Å². The lowest BCUT2D eigenvalue weighted by Gasteiger charge is -2.30. The van der Waals surface area contributed by atoms with Crippen molar-refractivity contribution in [2.24, 2.45) is 5.92 Å². The van der Waals surface area contributed by atoms with E-state index in [4.69, 9.17) is 4.74 Å². The van der Waals surface area contributed by atoms with Gasteiger partial charge in [0.2, 0.25) is 17.6 Å². The van der Waals surface area contributed by atoms with Crippen molar-refractivity contribution >= 4 is 36.0 Å². The summed E-state index contributed by atoms with van der Waals surface area (Å²) in [5.74, 6) is -2.10. The minimum atomic E-state index is -1.44. The number of carbonyl (C=O) groups is 4. The van der Waals surface area contributed by atoms with Gasteiger partial charge in [0.15, 0.2) is 0 Å². The quantitative estimate of drug-likeness (QED) is 0.237. The van der Waals surface area contributed by atoms with Gasteiger partial charge in [-0.05, 0) is 68.9 Å². The molecule has 1 aromatic heterocycles. The lowest BCUT2D eigenvalue weighted by atomic mass is 10.0. The van der Waals surface area contributed by atoms with Crippen molar-refractivity contribution in [3.05, 3.63) is 77.9 Å². The van der Waals surface area contributed by atoms with Crippen LogP contribution in [0.5, 0.6) is 0 Å². The molecule has 1 saturated carbocycles. The van der Waals surface area contributed by atoms with E-state index >= 15 is 0 Å². The van der Waals surface area contributed by atoms with Crippen molar-refractivity contribution in [2.45, 2.75) is 95.0 Å². The van der Waals surface area contributed by atoms with E-state index in [-0.39, 0.29) is 25.3 Å². The number of carbonyl (C=O) groups excluding carboxylic acids is 3. The predicted octanol–water partition coefficient (Wildman–Crippen LogP) is 5.03. The van der Waals surface area contributed by atoms with Crippen LogP contribution in [-0.4, -0.2) is 83.9 Å². The molecule has 2 aliphatic heterocycles. The first-order valence-electron chi connectivity index (χ1n) is 17.6. The number of aliphatic carboxylic acids is 1. The molecule has 0 spiro atoms. The van der Waals surface area contributed by atoms with Crippen LogP contribution >= 0.6 is 0 Å². The Labute approximate surface area is 297 Å². The molecular formula is C38H45N7O6. The number of amides is 3. The van der Waals surface area contributed by atoms with Gasteiger partial charge in [-0.15, -0.1) is 10.2 Å². The number of hydrogen-bond acceptors (Lipinski definition) is 8. The molecule has 0 unspecified atom stereocenters. The molecule has 1 aliphatic carbocycles. The standard InChI is InChI=1S/C38H45N7O6/c1-37(2,3)51-36(50)39-30-18-11-6-4-5-10-17-28-23-38(28,35(48)49)40-33(46)31-22-29(24-44(31)34(30)47)45-42-32(41-43-45)27-16-12-15-26(21-27)20-19-25-13-8-7-9-14-25/h7-10,12-17,19-21,28-31H,4-6,11,18,22-24H2,1-3H3,(H,39,50)(H,40,46)(H,48,49)/t28-,29-,30-,31+,38+/m1/s1. The average Bonchev–Trinajstić information content (AvgIpc) is 3.39. The zero-order valence-corrected chi connectivity index (χ0v) is 29.2. The monoisotopic (exact) mass is 695 g/mol. The van der Waals surface area contributed by atoms with Gasteiger partial charge in [-0.1, -0.05) is 85.7 Å². The fraction of sp³-hybridized carbons (Fsp3) is 0.447. The Bertz CT molecular complexity index is 1820. The van der Waals surface area contributed by atoms with E-state index in [9.17, 15) is 24.3 Å². The van der Waals surface area contributed by atoms with E-state index in [1.165, 1.54) is 9.70 Å². The Hall–Kier alpha value is -5.33. The SMILES string of the molecule is CC(C)(C)OC(=O)N[C@@H]1CCCCCC=C[C@@H]2C[C@]2(C(=O)O)NC(=O)[C@@H]2C[C@@H](n3nnc(-c4cccc(C=Cc5ccccc5)c4)n3)CN2C1=O. The summed E-state index contributed by atoms with van der Waals surface area (Å²) < 4.78 is 5.48. The molecule has 3 N–H and O–H groups in total. The topological polar surface area (TPSA) is 169 Å². The number of benzene rings is 2. The van der Waals surface area contributed by atoms with Gasteiger partial charge in [-0.3, -0.25) is 9.59 Å². The van der Waals surface area contributed by atoms with Crippen LogP contribution in [0.2, 0.25) is 0 Å². The van der Waals surface area contributed by atoms with Gasteiger partial charge in [0.05, 0.1) is 6.04 Å². The van der Waals surface area contributed by atoms with Crippen LogP contribution in [-0.2, 0) is 19.1 Å². The number of carboxylic acid groups (broad SMARTS) is 1. The Morgan fingerprint density at radius 2 is 1.80 bits per heavy atom. The van der Waals surface area contributed by atoms with Crippen LogP contribution < -0.4 is 10.6 Å². The van der Waals surface area contributed by atoms with Gasteiger partial charge < -0.3 is 25.4 Å². The van der Waals surface area contributed by atoms with Crippen molar-refractivity contribution in [3.8, 4) is 11.4 Å². The van der Waals surface area contributed by atoms with Gasteiger partial charge in [0.1, 0.15) is 23.2 Å². The number of tetrazole rings is 1. The number of ether oxygens (including phenoxy) is 1. The largest absolute Gasteiger partial charge is 0.479 e. The van der Waals surface area contributed by atoms with E-state index in [0.717, 1.165) is 36.0 Å². The zero-order valence-electron chi connectivity index (χ0n) is 29.2. The maximum Gasteiger partial charge on any atom is 0.408 e. The van der Waals surface area contributed by atoms with Gasteiger partial charge in [0.25, 0.3) is 0 Å². The average molecular weight is 696 g/mol. The minimum absolute atomic E-state index is 0.0580. The molecule has 6 rings (SSSR count). The number of alkyl carbamates (subject to hydrolysis) is 1. The maximum absolute atomic E-state index is 14.3. The van der Waals surface area contributed by atoms with Gasteiger partial charge in [0, 0.05) is 24.4 Å². The summed E-state index contributed by atoms with van der Waals surface area (Å²) in [6.45, 7) is 5.28. The molecular weight excluding hydrogens is 650 g/mol. The predicted molar refractivity (Wildman–Crippen MR) is 190 cm³/mol. The van der Waals surface area contributed by atoms with Crippen molar-refractivity contribution in [1.29, 1.82) is 0 Å². The number of hydrogen-bond donors (Lipinski definition) is 3. The summed E-state index contributed by atoms with van der Waals surface area (Å²) in [4.78, 5) is 56.4. The third-order valence-electron chi connectivity index (χ3n) is 9.50. The lowest BCUT2D eigenvalue weighted by Crippen LogP contribution is -2.56. The van der Waals surface area contributed by atoms with E-state index in [1.54, 1.807) is 20.8 Å². The third kappa shape index (κ3) is 8.53. The van der Waals surface area contributed by atoms with Crippen molar-refractivity contribution in [2.75, 3.05) is 6.54 Å². The molecule has 3 heterocycles. The first kappa shape index (κ1) is 35.5. The molecule has 3 amide bonds. The molecule has 13 nitrogen and oxygen atoms in total. The summed E-state index contributed by atoms with van der Waals surface area (Å²) in [6.07, 6.45) is 10.9. The number of aromatic nitrogens is 4. The smallest absolute Gasteiger partial charge is 0.408 e. The number of carboxylic acids is 1. The Morgan fingerprint density at radius 1 is 1.04 bits per heavy atom. The number of nitrogens with one attached hydrogen (secondary N) is 2. The van der Waals surface area contributed by atoms with Gasteiger partial charge in [-0.25, -0.2) is 9.59 Å². The third-order valence-corrected chi connectivity index (χ3v) is 9.50. The fourth-order valence-corrected chi connectivity index (χ4v) is 6.73. The molecule has 2 fully saturated rings. The molecule has 51 heavy (non-hydrogen) atoms. The van der Waals surface area contributed by atoms with Crippen molar-refractivity contribution in [3.63, 3.8) is 0 Å². The van der Waals surface area contributed by atoms with Gasteiger partial charge in [-0.2, -0.15) is 4.80 Å². The molecule has 13 heteroatoms. The summed E-state index contributed by atoms with van der Waals surface area (Å²) >= 11 is 0. The fourth-order valence-electron chi connectivity index (χ4n) is 6.73. The number of nitrogens with zero attached hydrogens (tertiary/aromatic N) is 5. The highest BCUT2D eigenvalue weighted by Gasteiger charge is 2.61. The van der Waals surface area contributed by atoms with Crippen LogP contribution in [0.25, 0.3) is 23.5 Å². The van der Waals surface area contributed by atoms with Gasteiger partial charge >= 0.3 is 12.1 Å². The van der Waals surface area contributed by atoms with Crippen LogP contribution in [0.3, 0.4) is 0 Å². The Morgan fingerprint density at radius 3 is 2.57 bits per heavy atom. The van der Waals surface area contributed by atoms with E-state index < -0.39 is 53.1 Å². The van der Waals surface area contributed by atoms with Crippen LogP contribution in [0.15, 0.2) is 66.7 Å². The first-order valence-corrected chi connectivity index (χ1v) is 17.6. The van der Waals surface area contributed by atoms with Crippen molar-refractivity contribution < 1.29 is 29.0 Å². The highest BCUT2D eigenvalue weighted by molar-refractivity contribution is 5.96. The van der Waals surface area contributed by atoms with Crippen LogP contribution in [0, 0.1) is 5.92 Å². The molecule has 3 aromatic rings. The van der Waals surface area contributed by atoms with E-state index in [1.807, 2.05) is 78.9 Å². The summed E-state index contributed by atoms with van der Waals surface area (Å²) in [6, 6.07) is 15.2. The molecule has 0 bridgehead atoms. The normalized spacial score (nSPS) is 25.7. The Kier molecular flexibility index (Phi) is 10.4. The second-order valence-electron chi connectivity index (χ2n) is 14.5. The van der Waals surface area contributed by atoms with Crippen LogP contribution in [0.4, 0.5) is 4.79 Å². The number of allylic oxidation sites excluding steroid dienone is 1. The number of rotatable bonds is 6. The maximum atomic E-state index is 14.3. The lowest BCUT2D eigenvalue weighted by molar-refractivity contribution is -0.145. The molecule has 3 aliphatic rings. The highest BCUT2D eigenvalue weighted by Crippen LogP contribution is 2.45. The highest BCUT2D eigenvalue weighted by atomic mass is 16.6.